The highest BCUT2D eigenvalue weighted by molar-refractivity contribution is 9.10. The lowest BCUT2D eigenvalue weighted by molar-refractivity contribution is -0.133. The molecule has 2 heterocycles. The molecule has 170 valence electrons. The summed E-state index contributed by atoms with van der Waals surface area (Å²) < 4.78 is 13.3. The number of para-hydroxylation sites is 1. The number of urea groups is 1. The average Bonchev–Trinajstić information content (AvgIpc) is 3.44. The molecule has 0 saturated carbocycles. The molecular formula is C23H27BrN4O4. The number of benzene rings is 1. The van der Waals surface area contributed by atoms with Crippen LogP contribution in [-0.2, 0) is 29.7 Å². The van der Waals surface area contributed by atoms with Gasteiger partial charge in [-0.2, -0.15) is 0 Å². The number of carbonyl (C=O) groups excluding carboxylic acids is 2. The number of anilines is 1. The summed E-state index contributed by atoms with van der Waals surface area (Å²) in [7, 11) is 3.49. The van der Waals surface area contributed by atoms with Gasteiger partial charge in [0, 0.05) is 37.1 Å². The second-order valence-electron chi connectivity index (χ2n) is 7.26. The zero-order valence-corrected chi connectivity index (χ0v) is 19.7. The Hall–Kier alpha value is -3.04. The first kappa shape index (κ1) is 23.6. The summed E-state index contributed by atoms with van der Waals surface area (Å²) in [5.74, 6) is 0.481. The minimum atomic E-state index is -0.376. The van der Waals surface area contributed by atoms with E-state index < -0.39 is 0 Å². The number of nitrogens with one attached hydrogen (secondary N) is 1. The maximum absolute atomic E-state index is 13.3. The van der Waals surface area contributed by atoms with Crippen LogP contribution in [0.25, 0.3) is 0 Å². The highest BCUT2D eigenvalue weighted by Crippen LogP contribution is 2.21. The SMILES string of the molecule is COCCN(CC(=O)N(Cc1ccco1)Cc1cccn1C)C(=O)Nc1ccccc1Br. The first-order valence-electron chi connectivity index (χ1n) is 10.2. The van der Waals surface area contributed by atoms with E-state index in [1.807, 2.05) is 54.2 Å². The van der Waals surface area contributed by atoms with Crippen molar-refractivity contribution in [1.82, 2.24) is 14.4 Å². The lowest BCUT2D eigenvalue weighted by Gasteiger charge is -2.27. The van der Waals surface area contributed by atoms with Gasteiger partial charge < -0.3 is 28.8 Å². The highest BCUT2D eigenvalue weighted by Gasteiger charge is 2.23. The molecule has 0 unspecified atom stereocenters. The van der Waals surface area contributed by atoms with Gasteiger partial charge in [-0.3, -0.25) is 4.79 Å². The summed E-state index contributed by atoms with van der Waals surface area (Å²) in [5, 5.41) is 2.85. The Morgan fingerprint density at radius 2 is 1.91 bits per heavy atom. The van der Waals surface area contributed by atoms with Crippen LogP contribution in [0, 0.1) is 0 Å². The van der Waals surface area contributed by atoms with Gasteiger partial charge in [-0.1, -0.05) is 12.1 Å². The molecular weight excluding hydrogens is 476 g/mol. The fourth-order valence-corrected chi connectivity index (χ4v) is 3.54. The third kappa shape index (κ3) is 6.48. The van der Waals surface area contributed by atoms with Gasteiger partial charge in [0.1, 0.15) is 12.3 Å². The van der Waals surface area contributed by atoms with Gasteiger partial charge in [-0.25, -0.2) is 4.79 Å². The number of halogens is 1. The predicted octanol–water partition coefficient (Wildman–Crippen LogP) is 4.09. The van der Waals surface area contributed by atoms with E-state index in [0.717, 1.165) is 10.2 Å². The van der Waals surface area contributed by atoms with Crippen molar-refractivity contribution in [2.45, 2.75) is 13.1 Å². The van der Waals surface area contributed by atoms with Crippen LogP contribution < -0.4 is 5.32 Å². The number of ether oxygens (including phenoxy) is 1. The maximum atomic E-state index is 13.3. The van der Waals surface area contributed by atoms with E-state index in [1.165, 1.54) is 4.90 Å². The van der Waals surface area contributed by atoms with E-state index in [-0.39, 0.29) is 25.0 Å². The first-order valence-corrected chi connectivity index (χ1v) is 11.0. The molecule has 0 bridgehead atoms. The number of hydrogen-bond donors (Lipinski definition) is 1. The smallest absolute Gasteiger partial charge is 0.322 e. The van der Waals surface area contributed by atoms with Crippen LogP contribution in [0.3, 0.4) is 0 Å². The van der Waals surface area contributed by atoms with Gasteiger partial charge in [0.2, 0.25) is 5.91 Å². The first-order chi connectivity index (χ1) is 15.5. The van der Waals surface area contributed by atoms with Gasteiger partial charge >= 0.3 is 6.03 Å². The van der Waals surface area contributed by atoms with Gasteiger partial charge in [0.25, 0.3) is 0 Å². The molecule has 0 atom stereocenters. The van der Waals surface area contributed by atoms with Crippen molar-refractivity contribution < 1.29 is 18.7 Å². The maximum Gasteiger partial charge on any atom is 0.322 e. The number of methoxy groups -OCH3 is 1. The molecule has 1 aromatic carbocycles. The van der Waals surface area contributed by atoms with Gasteiger partial charge in [0.05, 0.1) is 31.6 Å². The van der Waals surface area contributed by atoms with Crippen molar-refractivity contribution in [2.75, 3.05) is 32.1 Å². The van der Waals surface area contributed by atoms with Gasteiger partial charge in [0.15, 0.2) is 0 Å². The number of hydrogen-bond acceptors (Lipinski definition) is 4. The van der Waals surface area contributed by atoms with Crippen LogP contribution >= 0.6 is 15.9 Å². The third-order valence-electron chi connectivity index (χ3n) is 4.98. The Morgan fingerprint density at radius 3 is 2.56 bits per heavy atom. The van der Waals surface area contributed by atoms with Gasteiger partial charge in [-0.15, -0.1) is 0 Å². The predicted molar refractivity (Wildman–Crippen MR) is 125 cm³/mol. The fourth-order valence-electron chi connectivity index (χ4n) is 3.15. The zero-order chi connectivity index (χ0) is 22.9. The van der Waals surface area contributed by atoms with Crippen LogP contribution in [0.2, 0.25) is 0 Å². The Labute approximate surface area is 195 Å². The number of aromatic nitrogens is 1. The Kier molecular flexibility index (Phi) is 8.52. The number of aryl methyl sites for hydroxylation is 1. The summed E-state index contributed by atoms with van der Waals surface area (Å²) in [5.41, 5.74) is 1.61. The third-order valence-corrected chi connectivity index (χ3v) is 5.67. The quantitative estimate of drug-likeness (QED) is 0.452. The fraction of sp³-hybridized carbons (Fsp3) is 0.304. The van der Waals surface area contributed by atoms with Crippen molar-refractivity contribution in [1.29, 1.82) is 0 Å². The van der Waals surface area contributed by atoms with E-state index in [4.69, 9.17) is 9.15 Å². The molecule has 0 spiro atoms. The van der Waals surface area contributed by atoms with E-state index in [2.05, 4.69) is 21.2 Å². The number of carbonyl (C=O) groups is 2. The minimum Gasteiger partial charge on any atom is -0.467 e. The van der Waals surface area contributed by atoms with Crippen LogP contribution in [0.5, 0.6) is 0 Å². The van der Waals surface area contributed by atoms with Crippen molar-refractivity contribution in [3.8, 4) is 0 Å². The topological polar surface area (TPSA) is 80.0 Å². The molecule has 32 heavy (non-hydrogen) atoms. The van der Waals surface area contributed by atoms with Crippen molar-refractivity contribution in [3.05, 3.63) is 76.9 Å². The zero-order valence-electron chi connectivity index (χ0n) is 18.2. The molecule has 0 aliphatic heterocycles. The number of amides is 3. The molecule has 3 aromatic rings. The van der Waals surface area contributed by atoms with Crippen molar-refractivity contribution in [3.63, 3.8) is 0 Å². The van der Waals surface area contributed by atoms with Crippen molar-refractivity contribution >= 4 is 33.6 Å². The Balaban J connectivity index is 1.75. The molecule has 0 aliphatic rings. The van der Waals surface area contributed by atoms with Gasteiger partial charge in [-0.05, 0) is 52.3 Å². The Bertz CT molecular complexity index is 1020. The molecule has 1 N–H and O–H groups in total. The number of nitrogens with zero attached hydrogens (tertiary/aromatic N) is 3. The molecule has 0 fully saturated rings. The average molecular weight is 503 g/mol. The summed E-state index contributed by atoms with van der Waals surface area (Å²) in [4.78, 5) is 29.4. The van der Waals surface area contributed by atoms with Crippen LogP contribution in [-0.4, -0.2) is 53.1 Å². The van der Waals surface area contributed by atoms with E-state index in [1.54, 1.807) is 30.4 Å². The van der Waals surface area contributed by atoms with Crippen LogP contribution in [0.15, 0.2) is 69.9 Å². The molecule has 8 nitrogen and oxygen atoms in total. The summed E-state index contributed by atoms with van der Waals surface area (Å²) >= 11 is 3.43. The lowest BCUT2D eigenvalue weighted by Crippen LogP contribution is -2.45. The minimum absolute atomic E-state index is 0.0925. The molecule has 0 aliphatic carbocycles. The standard InChI is InChI=1S/C23H27BrN4O4/c1-26-11-5-7-18(26)15-28(16-19-8-6-13-32-19)22(29)17-27(12-14-31-2)23(30)25-21-10-4-3-9-20(21)24/h3-11,13H,12,14-17H2,1-2H3,(H,25,30). The molecule has 0 saturated heterocycles. The summed E-state index contributed by atoms with van der Waals surface area (Å²) in [6.07, 6.45) is 3.51. The van der Waals surface area contributed by atoms with E-state index in [9.17, 15) is 9.59 Å². The summed E-state index contributed by atoms with van der Waals surface area (Å²) in [6, 6.07) is 14.5. The normalized spacial score (nSPS) is 10.7. The lowest BCUT2D eigenvalue weighted by atomic mass is 10.3. The monoisotopic (exact) mass is 502 g/mol. The molecule has 9 heteroatoms. The van der Waals surface area contributed by atoms with E-state index in [0.29, 0.717) is 31.1 Å². The second kappa shape index (κ2) is 11.5. The highest BCUT2D eigenvalue weighted by atomic mass is 79.9. The largest absolute Gasteiger partial charge is 0.467 e. The van der Waals surface area contributed by atoms with Crippen LogP contribution in [0.4, 0.5) is 10.5 Å². The summed E-state index contributed by atoms with van der Waals surface area (Å²) in [6.45, 7) is 1.20. The van der Waals surface area contributed by atoms with Crippen LogP contribution in [0.1, 0.15) is 11.5 Å². The molecule has 2 aromatic heterocycles. The van der Waals surface area contributed by atoms with E-state index >= 15 is 0 Å². The Morgan fingerprint density at radius 1 is 1.09 bits per heavy atom. The molecule has 3 rings (SSSR count). The molecule has 0 radical (unpaired) electrons. The van der Waals surface area contributed by atoms with Crippen molar-refractivity contribution in [2.24, 2.45) is 7.05 Å². The number of rotatable bonds is 10. The second-order valence-corrected chi connectivity index (χ2v) is 8.12. The number of furan rings is 1. The molecule has 3 amide bonds.